The predicted octanol–water partition coefficient (Wildman–Crippen LogP) is 3.35. The molecule has 1 amide bonds. The summed E-state index contributed by atoms with van der Waals surface area (Å²) in [5.41, 5.74) is 7.18. The van der Waals surface area contributed by atoms with E-state index in [9.17, 15) is 4.79 Å². The fourth-order valence-electron chi connectivity index (χ4n) is 1.97. The molecule has 0 aliphatic carbocycles. The molecule has 2 rings (SSSR count). The van der Waals surface area contributed by atoms with Crippen molar-refractivity contribution in [3.63, 3.8) is 0 Å². The molecule has 5 heteroatoms. The zero-order valence-electron chi connectivity index (χ0n) is 11.8. The molecule has 0 unspecified atom stereocenters. The van der Waals surface area contributed by atoms with Crippen LogP contribution in [0.1, 0.15) is 6.92 Å². The molecule has 0 bridgehead atoms. The molecular weight excluding hydrogens is 288 g/mol. The van der Waals surface area contributed by atoms with Crippen molar-refractivity contribution in [2.75, 3.05) is 23.8 Å². The van der Waals surface area contributed by atoms with Gasteiger partial charge in [0.05, 0.1) is 11.4 Å². The molecule has 0 fully saturated rings. The molecule has 0 aromatic heterocycles. The Hall–Kier alpha value is -2.20. The number of nitrogens with zero attached hydrogens (tertiary/aromatic N) is 1. The lowest BCUT2D eigenvalue weighted by Gasteiger charge is -2.22. The van der Waals surface area contributed by atoms with E-state index in [4.69, 9.17) is 22.1 Å². The Balaban J connectivity index is 2.04. The molecule has 0 aliphatic heterocycles. The van der Waals surface area contributed by atoms with Crippen LogP contribution in [-0.4, -0.2) is 19.1 Å². The van der Waals surface area contributed by atoms with Gasteiger partial charge in [0.15, 0.2) is 6.61 Å². The second-order valence-electron chi connectivity index (χ2n) is 4.44. The fourth-order valence-corrected chi connectivity index (χ4v) is 2.09. The van der Waals surface area contributed by atoms with Crippen LogP contribution < -0.4 is 15.4 Å². The van der Waals surface area contributed by atoms with Crippen LogP contribution in [-0.2, 0) is 4.79 Å². The Morgan fingerprint density at radius 2 is 1.86 bits per heavy atom. The van der Waals surface area contributed by atoms with Gasteiger partial charge in [-0.1, -0.05) is 23.7 Å². The number of hydrogen-bond donors (Lipinski definition) is 1. The highest BCUT2D eigenvalue weighted by Gasteiger charge is 2.16. The first-order valence-electron chi connectivity index (χ1n) is 6.65. The molecule has 0 atom stereocenters. The number of rotatable bonds is 5. The van der Waals surface area contributed by atoms with E-state index < -0.39 is 0 Å². The van der Waals surface area contributed by atoms with E-state index in [1.807, 2.05) is 25.1 Å². The summed E-state index contributed by atoms with van der Waals surface area (Å²) >= 11 is 5.80. The third kappa shape index (κ3) is 3.89. The molecule has 0 spiro atoms. The lowest BCUT2D eigenvalue weighted by Crippen LogP contribution is -2.35. The Kier molecular flexibility index (Phi) is 5.06. The van der Waals surface area contributed by atoms with Gasteiger partial charge >= 0.3 is 0 Å². The third-order valence-electron chi connectivity index (χ3n) is 3.02. The van der Waals surface area contributed by atoms with Crippen molar-refractivity contribution in [3.05, 3.63) is 53.6 Å². The number of carbonyl (C=O) groups is 1. The van der Waals surface area contributed by atoms with Gasteiger partial charge in [-0.2, -0.15) is 0 Å². The Morgan fingerprint density at radius 1 is 1.19 bits per heavy atom. The molecule has 0 radical (unpaired) electrons. The van der Waals surface area contributed by atoms with Gasteiger partial charge in [-0.15, -0.1) is 0 Å². The minimum atomic E-state index is -0.148. The standard InChI is InChI=1S/C16H17ClN2O2/c1-2-19(15-6-4-3-5-14(15)18)16(20)11-21-13-9-7-12(17)8-10-13/h3-10H,2,11,18H2,1H3. The molecule has 0 heterocycles. The summed E-state index contributed by atoms with van der Waals surface area (Å²) in [5, 5.41) is 0.626. The summed E-state index contributed by atoms with van der Waals surface area (Å²) in [5.74, 6) is 0.454. The quantitative estimate of drug-likeness (QED) is 0.862. The van der Waals surface area contributed by atoms with Crippen LogP contribution in [0.15, 0.2) is 48.5 Å². The Labute approximate surface area is 129 Å². The first kappa shape index (κ1) is 15.2. The van der Waals surface area contributed by atoms with E-state index in [2.05, 4.69) is 0 Å². The van der Waals surface area contributed by atoms with E-state index >= 15 is 0 Å². The molecule has 4 nitrogen and oxygen atoms in total. The van der Waals surface area contributed by atoms with Gasteiger partial charge < -0.3 is 15.4 Å². The van der Waals surface area contributed by atoms with E-state index in [1.54, 1.807) is 35.2 Å². The summed E-state index contributed by atoms with van der Waals surface area (Å²) < 4.78 is 5.48. The smallest absolute Gasteiger partial charge is 0.264 e. The van der Waals surface area contributed by atoms with E-state index in [1.165, 1.54) is 0 Å². The van der Waals surface area contributed by atoms with E-state index in [0.717, 1.165) is 0 Å². The van der Waals surface area contributed by atoms with Crippen LogP contribution in [0, 0.1) is 0 Å². The van der Waals surface area contributed by atoms with Gasteiger partial charge in [0.25, 0.3) is 5.91 Å². The van der Waals surface area contributed by atoms with Crippen molar-refractivity contribution >= 4 is 28.9 Å². The number of nitrogens with two attached hydrogens (primary N) is 1. The number of ether oxygens (including phenoxy) is 1. The molecule has 2 N–H and O–H groups in total. The summed E-state index contributed by atoms with van der Waals surface area (Å²) in [7, 11) is 0. The molecule has 0 saturated heterocycles. The lowest BCUT2D eigenvalue weighted by atomic mass is 10.2. The molecular formula is C16H17ClN2O2. The Morgan fingerprint density at radius 3 is 2.48 bits per heavy atom. The second kappa shape index (κ2) is 6.99. The van der Waals surface area contributed by atoms with Crippen molar-refractivity contribution in [1.29, 1.82) is 0 Å². The van der Waals surface area contributed by atoms with E-state index in [-0.39, 0.29) is 12.5 Å². The largest absolute Gasteiger partial charge is 0.484 e. The molecule has 110 valence electrons. The van der Waals surface area contributed by atoms with Crippen molar-refractivity contribution in [1.82, 2.24) is 0 Å². The van der Waals surface area contributed by atoms with E-state index in [0.29, 0.717) is 28.7 Å². The van der Waals surface area contributed by atoms with Crippen molar-refractivity contribution in [3.8, 4) is 5.75 Å². The van der Waals surface area contributed by atoms with Crippen LogP contribution in [0.5, 0.6) is 5.75 Å². The zero-order chi connectivity index (χ0) is 15.2. The highest BCUT2D eigenvalue weighted by Crippen LogP contribution is 2.22. The van der Waals surface area contributed by atoms with Crippen LogP contribution in [0.25, 0.3) is 0 Å². The molecule has 21 heavy (non-hydrogen) atoms. The molecule has 2 aromatic carbocycles. The van der Waals surface area contributed by atoms with Gasteiger partial charge in [0, 0.05) is 11.6 Å². The average Bonchev–Trinajstić information content (AvgIpc) is 2.49. The number of anilines is 2. The van der Waals surface area contributed by atoms with Crippen molar-refractivity contribution in [2.24, 2.45) is 0 Å². The summed E-state index contributed by atoms with van der Waals surface area (Å²) in [6.45, 7) is 2.37. The van der Waals surface area contributed by atoms with Crippen LogP contribution in [0.2, 0.25) is 5.02 Å². The molecule has 0 saturated carbocycles. The van der Waals surface area contributed by atoms with Gasteiger partial charge in [0.1, 0.15) is 5.75 Å². The predicted molar refractivity (Wildman–Crippen MR) is 85.8 cm³/mol. The third-order valence-corrected chi connectivity index (χ3v) is 3.27. The molecule has 2 aromatic rings. The van der Waals surface area contributed by atoms with Gasteiger partial charge in [-0.3, -0.25) is 4.79 Å². The highest BCUT2D eigenvalue weighted by atomic mass is 35.5. The zero-order valence-corrected chi connectivity index (χ0v) is 12.5. The minimum absolute atomic E-state index is 0.0518. The number of halogens is 1. The summed E-state index contributed by atoms with van der Waals surface area (Å²) in [6, 6.07) is 14.2. The minimum Gasteiger partial charge on any atom is -0.484 e. The topological polar surface area (TPSA) is 55.6 Å². The SMILES string of the molecule is CCN(C(=O)COc1ccc(Cl)cc1)c1ccccc1N. The fraction of sp³-hybridized carbons (Fsp3) is 0.188. The van der Waals surface area contributed by atoms with Crippen LogP contribution in [0.4, 0.5) is 11.4 Å². The number of amides is 1. The number of benzene rings is 2. The average molecular weight is 305 g/mol. The lowest BCUT2D eigenvalue weighted by molar-refractivity contribution is -0.120. The van der Waals surface area contributed by atoms with Gasteiger partial charge in [-0.25, -0.2) is 0 Å². The second-order valence-corrected chi connectivity index (χ2v) is 4.88. The van der Waals surface area contributed by atoms with Gasteiger partial charge in [0.2, 0.25) is 0 Å². The summed E-state index contributed by atoms with van der Waals surface area (Å²) in [6.07, 6.45) is 0. The van der Waals surface area contributed by atoms with Crippen molar-refractivity contribution in [2.45, 2.75) is 6.92 Å². The van der Waals surface area contributed by atoms with Crippen molar-refractivity contribution < 1.29 is 9.53 Å². The van der Waals surface area contributed by atoms with Gasteiger partial charge in [-0.05, 0) is 43.3 Å². The monoisotopic (exact) mass is 304 g/mol. The number of nitrogen functional groups attached to an aromatic ring is 1. The van der Waals surface area contributed by atoms with Crippen LogP contribution >= 0.6 is 11.6 Å². The van der Waals surface area contributed by atoms with Crippen LogP contribution in [0.3, 0.4) is 0 Å². The molecule has 0 aliphatic rings. The maximum absolute atomic E-state index is 12.3. The Bertz CT molecular complexity index is 614. The highest BCUT2D eigenvalue weighted by molar-refractivity contribution is 6.30. The normalized spacial score (nSPS) is 10.2. The summed E-state index contributed by atoms with van der Waals surface area (Å²) in [4.78, 5) is 13.9. The number of para-hydroxylation sites is 2. The number of carbonyl (C=O) groups excluding carboxylic acids is 1. The number of hydrogen-bond acceptors (Lipinski definition) is 3. The number of likely N-dealkylation sites (N-methyl/N-ethyl adjacent to an activating group) is 1. The first-order valence-corrected chi connectivity index (χ1v) is 7.03. The maximum Gasteiger partial charge on any atom is 0.264 e. The first-order chi connectivity index (χ1) is 10.1. The maximum atomic E-state index is 12.3.